The summed E-state index contributed by atoms with van der Waals surface area (Å²) in [5.41, 5.74) is 0.339. The third-order valence-electron chi connectivity index (χ3n) is 3.04. The number of carbonyl (C=O) groups excluding carboxylic acids is 1. The van der Waals surface area contributed by atoms with Crippen molar-refractivity contribution in [2.45, 2.75) is 25.7 Å². The van der Waals surface area contributed by atoms with Gasteiger partial charge in [0, 0.05) is 13.3 Å². The van der Waals surface area contributed by atoms with Crippen molar-refractivity contribution in [2.24, 2.45) is 5.28 Å². The van der Waals surface area contributed by atoms with E-state index in [1.54, 1.807) is 30.3 Å². The van der Waals surface area contributed by atoms with Gasteiger partial charge in [-0.3, -0.25) is 4.84 Å². The first-order valence-electron chi connectivity index (χ1n) is 6.58. The normalized spacial score (nSPS) is 19.0. The summed E-state index contributed by atoms with van der Waals surface area (Å²) in [6.45, 7) is 1.66. The fourth-order valence-corrected chi connectivity index (χ4v) is 1.80. The molecule has 1 aromatic carbocycles. The number of carboxylic acid groups (broad SMARTS) is 1. The number of hydrogen-bond donors (Lipinski definition) is 1. The summed E-state index contributed by atoms with van der Waals surface area (Å²) in [7, 11) is 0. The molecule has 22 heavy (non-hydrogen) atoms. The average Bonchev–Trinajstić information content (AvgIpc) is 2.44. The average molecular weight is 309 g/mol. The van der Waals surface area contributed by atoms with Crippen LogP contribution < -0.4 is 0 Å². The molecule has 0 radical (unpaired) electrons. The molecule has 0 saturated carbocycles. The second-order valence-electron chi connectivity index (χ2n) is 4.58. The highest BCUT2D eigenvalue weighted by molar-refractivity contribution is 5.89. The summed E-state index contributed by atoms with van der Waals surface area (Å²) in [5.74, 6) is -1.72. The fraction of sp³-hybridized carbons (Fsp3) is 0.385. The van der Waals surface area contributed by atoms with Crippen LogP contribution in [-0.4, -0.2) is 45.9 Å². The highest BCUT2D eigenvalue weighted by Gasteiger charge is 2.41. The summed E-state index contributed by atoms with van der Waals surface area (Å²) >= 11 is 0. The number of nitrogens with zero attached hydrogens (tertiary/aromatic N) is 3. The van der Waals surface area contributed by atoms with Crippen molar-refractivity contribution in [3.63, 3.8) is 0 Å². The lowest BCUT2D eigenvalue weighted by atomic mass is 10.1. The molecule has 0 aromatic heterocycles. The molecule has 1 saturated heterocycles. The predicted molar refractivity (Wildman–Crippen MR) is 71.2 cm³/mol. The summed E-state index contributed by atoms with van der Waals surface area (Å²) in [4.78, 5) is 27.3. The zero-order valence-corrected chi connectivity index (χ0v) is 11.8. The van der Waals surface area contributed by atoms with E-state index < -0.39 is 24.3 Å². The number of benzene rings is 1. The minimum atomic E-state index is -1.11. The van der Waals surface area contributed by atoms with Crippen molar-refractivity contribution >= 4 is 11.9 Å². The lowest BCUT2D eigenvalue weighted by Gasteiger charge is -2.32. The van der Waals surface area contributed by atoms with E-state index in [1.165, 1.54) is 6.92 Å². The molecule has 9 nitrogen and oxygen atoms in total. The van der Waals surface area contributed by atoms with Gasteiger partial charge in [-0.1, -0.05) is 18.2 Å². The molecule has 1 unspecified atom stereocenters. The predicted octanol–water partition coefficient (Wildman–Crippen LogP) is 1.16. The topological polar surface area (TPSA) is 114 Å². The molecule has 0 aliphatic carbocycles. The van der Waals surface area contributed by atoms with Gasteiger partial charge in [0.15, 0.2) is 6.04 Å². The highest BCUT2D eigenvalue weighted by Crippen LogP contribution is 2.17. The number of esters is 1. The number of hydrazine groups is 1. The summed E-state index contributed by atoms with van der Waals surface area (Å²) in [5, 5.41) is 24.5. The third kappa shape index (κ3) is 3.62. The van der Waals surface area contributed by atoms with Gasteiger partial charge in [-0.15, -0.1) is 5.01 Å². The molecule has 0 bridgehead atoms. The minimum Gasteiger partial charge on any atom is -0.569 e. The first-order chi connectivity index (χ1) is 10.5. The molecular weight excluding hydrogens is 294 g/mol. The van der Waals surface area contributed by atoms with Crippen LogP contribution in [0.4, 0.5) is 0 Å². The van der Waals surface area contributed by atoms with Crippen molar-refractivity contribution < 1.29 is 29.2 Å². The molecule has 0 amide bonds. The first kappa shape index (κ1) is 15.5. The molecule has 2 rings (SSSR count). The third-order valence-corrected chi connectivity index (χ3v) is 3.04. The second-order valence-corrected chi connectivity index (χ2v) is 4.58. The molecular formula is C13H15N3O6. The van der Waals surface area contributed by atoms with Gasteiger partial charge >= 0.3 is 11.9 Å². The number of hydrogen-bond acceptors (Lipinski definition) is 6. The Morgan fingerprint density at radius 2 is 2.14 bits per heavy atom. The van der Waals surface area contributed by atoms with Crippen LogP contribution in [0.3, 0.4) is 0 Å². The molecule has 2 atom stereocenters. The number of ether oxygens (including phenoxy) is 1. The Morgan fingerprint density at radius 3 is 2.68 bits per heavy atom. The molecule has 1 aliphatic rings. The molecule has 118 valence electrons. The SMILES string of the molecule is CC(O/N=[N+](/[O-])N1CC[C@H]1C(=O)O)OC(=O)c1ccccc1. The molecule has 0 spiro atoms. The monoisotopic (exact) mass is 309 g/mol. The largest absolute Gasteiger partial charge is 0.569 e. The lowest BCUT2D eigenvalue weighted by Crippen LogP contribution is -2.55. The van der Waals surface area contributed by atoms with Crippen LogP contribution in [0.25, 0.3) is 0 Å². The summed E-state index contributed by atoms with van der Waals surface area (Å²) < 4.78 is 4.94. The molecule has 1 heterocycles. The Bertz CT molecular complexity index is 576. The molecule has 9 heteroatoms. The number of carboxylic acids is 1. The highest BCUT2D eigenvalue weighted by atomic mass is 16.8. The standard InChI is InChI=1S/C13H15N3O6/c1-9(21-13(19)10-5-3-2-4-6-10)22-14-16(20)15-8-7-11(15)12(17)18/h2-6,9,11H,7-8H2,1H3,(H,17,18)/b16-14+/t9?,11-/m0/s1. The van der Waals surface area contributed by atoms with Gasteiger partial charge in [-0.2, -0.15) is 0 Å². The minimum absolute atomic E-state index is 0.0507. The van der Waals surface area contributed by atoms with Crippen LogP contribution in [0.5, 0.6) is 0 Å². The van der Waals surface area contributed by atoms with Crippen molar-refractivity contribution in [3.8, 4) is 0 Å². The quantitative estimate of drug-likeness (QED) is 0.275. The van der Waals surface area contributed by atoms with Gasteiger partial charge < -0.3 is 15.1 Å². The van der Waals surface area contributed by atoms with E-state index in [2.05, 4.69) is 5.28 Å². The van der Waals surface area contributed by atoms with Crippen LogP contribution in [-0.2, 0) is 14.4 Å². The maximum absolute atomic E-state index is 11.7. The Kier molecular flexibility index (Phi) is 4.77. The molecule has 1 fully saturated rings. The maximum atomic E-state index is 11.7. The zero-order chi connectivity index (χ0) is 16.1. The van der Waals surface area contributed by atoms with Crippen molar-refractivity contribution in [2.75, 3.05) is 6.54 Å². The van der Waals surface area contributed by atoms with Gasteiger partial charge in [0.05, 0.1) is 17.1 Å². The lowest BCUT2D eigenvalue weighted by molar-refractivity contribution is -0.730. The van der Waals surface area contributed by atoms with Gasteiger partial charge in [0.25, 0.3) is 6.29 Å². The van der Waals surface area contributed by atoms with Crippen molar-refractivity contribution in [3.05, 3.63) is 41.1 Å². The van der Waals surface area contributed by atoms with Gasteiger partial charge in [-0.05, 0) is 12.1 Å². The molecule has 1 aliphatic heterocycles. The van der Waals surface area contributed by atoms with Crippen LogP contribution >= 0.6 is 0 Å². The summed E-state index contributed by atoms with van der Waals surface area (Å²) in [6, 6.07) is 7.36. The first-order valence-corrected chi connectivity index (χ1v) is 6.58. The van der Waals surface area contributed by atoms with Crippen LogP contribution in [0.2, 0.25) is 0 Å². The van der Waals surface area contributed by atoms with Gasteiger partial charge in [-0.25, -0.2) is 9.59 Å². The molecule has 1 aromatic rings. The number of rotatable bonds is 6. The Balaban J connectivity index is 1.84. The zero-order valence-electron chi connectivity index (χ0n) is 11.8. The second kappa shape index (κ2) is 6.74. The van der Waals surface area contributed by atoms with E-state index in [-0.39, 0.29) is 11.5 Å². The Hall–Kier alpha value is -2.84. The smallest absolute Gasteiger partial charge is 0.341 e. The maximum Gasteiger partial charge on any atom is 0.341 e. The van der Waals surface area contributed by atoms with E-state index in [0.717, 1.165) is 5.01 Å². The Labute approximate surface area is 125 Å². The van der Waals surface area contributed by atoms with E-state index in [9.17, 15) is 14.8 Å². The van der Waals surface area contributed by atoms with Crippen molar-refractivity contribution in [1.82, 2.24) is 5.01 Å². The molecule has 1 N–H and O–H groups in total. The van der Waals surface area contributed by atoms with Crippen LogP contribution in [0.1, 0.15) is 23.7 Å². The Morgan fingerprint density at radius 1 is 1.45 bits per heavy atom. The fourth-order valence-electron chi connectivity index (χ4n) is 1.80. The van der Waals surface area contributed by atoms with E-state index in [4.69, 9.17) is 14.7 Å². The van der Waals surface area contributed by atoms with Crippen LogP contribution in [0, 0.1) is 5.21 Å². The van der Waals surface area contributed by atoms with Crippen LogP contribution in [0.15, 0.2) is 35.6 Å². The van der Waals surface area contributed by atoms with E-state index >= 15 is 0 Å². The van der Waals surface area contributed by atoms with E-state index in [1.807, 2.05) is 0 Å². The van der Waals surface area contributed by atoms with Gasteiger partial charge in [0.2, 0.25) is 5.28 Å². The van der Waals surface area contributed by atoms with Gasteiger partial charge in [0.1, 0.15) is 0 Å². The summed E-state index contributed by atoms with van der Waals surface area (Å²) in [6.07, 6.45) is -0.726. The number of aliphatic carboxylic acids is 1. The number of carbonyl (C=O) groups is 2. The van der Waals surface area contributed by atoms with Crippen molar-refractivity contribution in [1.29, 1.82) is 0 Å². The van der Waals surface area contributed by atoms with E-state index in [0.29, 0.717) is 12.0 Å².